The van der Waals surface area contributed by atoms with Gasteiger partial charge in [0, 0.05) is 25.6 Å². The molecule has 1 rings (SSSR count). The average molecular weight is 186 g/mol. The Hall–Kier alpha value is -0.610. The predicted octanol–water partition coefficient (Wildman–Crippen LogP) is 0.0189. The molecule has 1 heterocycles. The van der Waals surface area contributed by atoms with Crippen molar-refractivity contribution in [1.82, 2.24) is 5.32 Å². The van der Waals surface area contributed by atoms with Crippen LogP contribution in [-0.4, -0.2) is 31.2 Å². The molecule has 0 saturated carbocycles. The molecular weight excluding hydrogens is 168 g/mol. The van der Waals surface area contributed by atoms with E-state index in [9.17, 15) is 4.79 Å². The number of rotatable bonds is 4. The first-order chi connectivity index (χ1) is 6.18. The first-order valence-electron chi connectivity index (χ1n) is 4.82. The molecule has 2 atom stereocenters. The molecule has 0 aliphatic carbocycles. The van der Waals surface area contributed by atoms with E-state index < -0.39 is 0 Å². The molecule has 0 spiro atoms. The van der Waals surface area contributed by atoms with Gasteiger partial charge < -0.3 is 15.8 Å². The third kappa shape index (κ3) is 4.24. The Morgan fingerprint density at radius 2 is 2.54 bits per heavy atom. The number of ether oxygens (including phenoxy) is 1. The van der Waals surface area contributed by atoms with E-state index in [1.165, 1.54) is 0 Å². The number of nitrogens with one attached hydrogen (secondary N) is 1. The lowest BCUT2D eigenvalue weighted by molar-refractivity contribution is -0.121. The summed E-state index contributed by atoms with van der Waals surface area (Å²) >= 11 is 0. The van der Waals surface area contributed by atoms with Crippen LogP contribution < -0.4 is 11.1 Å². The van der Waals surface area contributed by atoms with Gasteiger partial charge in [-0.15, -0.1) is 0 Å². The summed E-state index contributed by atoms with van der Waals surface area (Å²) in [5.41, 5.74) is 5.48. The number of amides is 1. The maximum Gasteiger partial charge on any atom is 0.221 e. The molecule has 1 fully saturated rings. The molecule has 76 valence electrons. The van der Waals surface area contributed by atoms with E-state index in [-0.39, 0.29) is 18.1 Å². The van der Waals surface area contributed by atoms with Crippen LogP contribution in [0.4, 0.5) is 0 Å². The molecule has 0 bridgehead atoms. The van der Waals surface area contributed by atoms with Crippen molar-refractivity contribution in [1.29, 1.82) is 0 Å². The van der Waals surface area contributed by atoms with Crippen LogP contribution in [0, 0.1) is 0 Å². The van der Waals surface area contributed by atoms with Gasteiger partial charge in [-0.05, 0) is 19.8 Å². The monoisotopic (exact) mass is 186 g/mol. The van der Waals surface area contributed by atoms with Crippen LogP contribution >= 0.6 is 0 Å². The molecule has 1 amide bonds. The third-order valence-electron chi connectivity index (χ3n) is 2.06. The maximum absolute atomic E-state index is 11.2. The zero-order valence-corrected chi connectivity index (χ0v) is 8.08. The Bertz CT molecular complexity index is 165. The molecule has 3 N–H and O–H groups in total. The van der Waals surface area contributed by atoms with E-state index in [2.05, 4.69) is 5.32 Å². The van der Waals surface area contributed by atoms with Crippen molar-refractivity contribution in [3.63, 3.8) is 0 Å². The molecule has 4 heteroatoms. The van der Waals surface area contributed by atoms with E-state index in [1.807, 2.05) is 6.92 Å². The fraction of sp³-hybridized carbons (Fsp3) is 0.889. The average Bonchev–Trinajstić information content (AvgIpc) is 2.51. The Kier molecular flexibility index (Phi) is 4.18. The Morgan fingerprint density at radius 3 is 3.08 bits per heavy atom. The lowest BCUT2D eigenvalue weighted by Gasteiger charge is -2.11. The van der Waals surface area contributed by atoms with E-state index >= 15 is 0 Å². The van der Waals surface area contributed by atoms with Crippen LogP contribution in [0.5, 0.6) is 0 Å². The molecule has 0 aromatic carbocycles. The van der Waals surface area contributed by atoms with Crippen LogP contribution in [0.15, 0.2) is 0 Å². The van der Waals surface area contributed by atoms with Gasteiger partial charge in [0.15, 0.2) is 0 Å². The smallest absolute Gasteiger partial charge is 0.221 e. The zero-order valence-electron chi connectivity index (χ0n) is 8.08. The van der Waals surface area contributed by atoms with Crippen LogP contribution in [0.2, 0.25) is 0 Å². The summed E-state index contributed by atoms with van der Waals surface area (Å²) in [4.78, 5) is 11.2. The fourth-order valence-corrected chi connectivity index (χ4v) is 1.40. The minimum Gasteiger partial charge on any atom is -0.376 e. The summed E-state index contributed by atoms with van der Waals surface area (Å²) in [5, 5.41) is 2.81. The second-order valence-electron chi connectivity index (χ2n) is 3.62. The third-order valence-corrected chi connectivity index (χ3v) is 2.06. The van der Waals surface area contributed by atoms with Gasteiger partial charge in [0.2, 0.25) is 5.91 Å². The molecular formula is C9H18N2O2. The normalized spacial score (nSPS) is 24.3. The van der Waals surface area contributed by atoms with Crippen molar-refractivity contribution < 1.29 is 9.53 Å². The maximum atomic E-state index is 11.2. The predicted molar refractivity (Wildman–Crippen MR) is 50.3 cm³/mol. The molecule has 0 radical (unpaired) electrons. The number of hydrogen-bond acceptors (Lipinski definition) is 3. The van der Waals surface area contributed by atoms with Crippen LogP contribution in [-0.2, 0) is 9.53 Å². The summed E-state index contributed by atoms with van der Waals surface area (Å²) < 4.78 is 5.36. The van der Waals surface area contributed by atoms with Gasteiger partial charge in [-0.3, -0.25) is 4.79 Å². The van der Waals surface area contributed by atoms with E-state index in [4.69, 9.17) is 10.5 Å². The standard InChI is InChI=1S/C9H18N2O2/c1-7(10)5-9(12)11-6-8-3-2-4-13-8/h7-8H,2-6,10H2,1H3,(H,11,12). The van der Waals surface area contributed by atoms with Crippen molar-refractivity contribution in [2.75, 3.05) is 13.2 Å². The largest absolute Gasteiger partial charge is 0.376 e. The number of carbonyl (C=O) groups excluding carboxylic acids is 1. The van der Waals surface area contributed by atoms with Crippen molar-refractivity contribution in [3.05, 3.63) is 0 Å². The van der Waals surface area contributed by atoms with Crippen molar-refractivity contribution in [2.45, 2.75) is 38.3 Å². The minimum absolute atomic E-state index is 0.0190. The highest BCUT2D eigenvalue weighted by atomic mass is 16.5. The van der Waals surface area contributed by atoms with Gasteiger partial charge in [-0.25, -0.2) is 0 Å². The SMILES string of the molecule is CC(N)CC(=O)NCC1CCCO1. The lowest BCUT2D eigenvalue weighted by atomic mass is 10.2. The van der Waals surface area contributed by atoms with Gasteiger partial charge in [-0.2, -0.15) is 0 Å². The molecule has 0 aromatic rings. The summed E-state index contributed by atoms with van der Waals surface area (Å²) in [7, 11) is 0. The number of nitrogens with two attached hydrogens (primary N) is 1. The van der Waals surface area contributed by atoms with Gasteiger partial charge in [0.05, 0.1) is 6.10 Å². The summed E-state index contributed by atoms with van der Waals surface area (Å²) in [6.45, 7) is 3.28. The van der Waals surface area contributed by atoms with E-state index in [0.29, 0.717) is 13.0 Å². The molecule has 2 unspecified atom stereocenters. The van der Waals surface area contributed by atoms with Gasteiger partial charge in [0.25, 0.3) is 0 Å². The highest BCUT2D eigenvalue weighted by molar-refractivity contribution is 5.76. The molecule has 1 saturated heterocycles. The highest BCUT2D eigenvalue weighted by Gasteiger charge is 2.16. The van der Waals surface area contributed by atoms with Gasteiger partial charge in [-0.1, -0.05) is 0 Å². The van der Waals surface area contributed by atoms with Crippen molar-refractivity contribution >= 4 is 5.91 Å². The fourth-order valence-electron chi connectivity index (χ4n) is 1.40. The Balaban J connectivity index is 2.07. The van der Waals surface area contributed by atoms with Gasteiger partial charge >= 0.3 is 0 Å². The minimum atomic E-state index is -0.0653. The second-order valence-corrected chi connectivity index (χ2v) is 3.62. The lowest BCUT2D eigenvalue weighted by Crippen LogP contribution is -2.34. The summed E-state index contributed by atoms with van der Waals surface area (Å²) in [6.07, 6.45) is 2.77. The van der Waals surface area contributed by atoms with Crippen molar-refractivity contribution in [3.8, 4) is 0 Å². The first kappa shape index (κ1) is 10.5. The first-order valence-corrected chi connectivity index (χ1v) is 4.82. The topological polar surface area (TPSA) is 64.4 Å². The van der Waals surface area contributed by atoms with E-state index in [1.54, 1.807) is 0 Å². The molecule has 0 aromatic heterocycles. The van der Waals surface area contributed by atoms with Crippen molar-refractivity contribution in [2.24, 2.45) is 5.73 Å². The molecule has 4 nitrogen and oxygen atoms in total. The quantitative estimate of drug-likeness (QED) is 0.650. The second kappa shape index (κ2) is 5.19. The Labute approximate surface area is 78.8 Å². The van der Waals surface area contributed by atoms with Crippen LogP contribution in [0.25, 0.3) is 0 Å². The van der Waals surface area contributed by atoms with Crippen LogP contribution in [0.1, 0.15) is 26.2 Å². The highest BCUT2D eigenvalue weighted by Crippen LogP contribution is 2.10. The Morgan fingerprint density at radius 1 is 1.77 bits per heavy atom. The summed E-state index contributed by atoms with van der Waals surface area (Å²) in [6, 6.07) is -0.0653. The van der Waals surface area contributed by atoms with E-state index in [0.717, 1.165) is 19.4 Å². The molecule has 1 aliphatic rings. The number of carbonyl (C=O) groups is 1. The number of hydrogen-bond donors (Lipinski definition) is 2. The zero-order chi connectivity index (χ0) is 9.68. The summed E-state index contributed by atoms with van der Waals surface area (Å²) in [5.74, 6) is 0.0190. The van der Waals surface area contributed by atoms with Crippen LogP contribution in [0.3, 0.4) is 0 Å². The van der Waals surface area contributed by atoms with Gasteiger partial charge in [0.1, 0.15) is 0 Å². The molecule has 1 aliphatic heterocycles. The molecule has 13 heavy (non-hydrogen) atoms.